The molecule has 9 heteroatoms. The molecule has 0 amide bonds. The number of tetrazole rings is 1. The van der Waals surface area contributed by atoms with Gasteiger partial charge in [0.1, 0.15) is 27.5 Å². The van der Waals surface area contributed by atoms with Crippen molar-refractivity contribution >= 4 is 38.6 Å². The van der Waals surface area contributed by atoms with E-state index >= 15 is 0 Å². The highest BCUT2D eigenvalue weighted by Crippen LogP contribution is 2.36. The highest BCUT2D eigenvalue weighted by atomic mass is 79.9. The van der Waals surface area contributed by atoms with Gasteiger partial charge in [-0.1, -0.05) is 22.9 Å². The zero-order valence-corrected chi connectivity index (χ0v) is 20.0. The van der Waals surface area contributed by atoms with Gasteiger partial charge < -0.3 is 0 Å². The van der Waals surface area contributed by atoms with E-state index in [9.17, 15) is 0 Å². The van der Waals surface area contributed by atoms with E-state index in [2.05, 4.69) is 88.1 Å². The molecule has 4 heterocycles. The van der Waals surface area contributed by atoms with Crippen molar-refractivity contribution in [3.63, 3.8) is 0 Å². The first kappa shape index (κ1) is 20.0. The fraction of sp³-hybridized carbons (Fsp3) is 0.227. The lowest BCUT2D eigenvalue weighted by molar-refractivity contribution is 0.834. The van der Waals surface area contributed by atoms with Crippen LogP contribution in [0.3, 0.4) is 0 Å². The number of aromatic nitrogens is 7. The van der Waals surface area contributed by atoms with E-state index in [0.29, 0.717) is 5.82 Å². The molecule has 0 atom stereocenters. The van der Waals surface area contributed by atoms with Crippen LogP contribution >= 0.6 is 27.5 Å². The van der Waals surface area contributed by atoms with Gasteiger partial charge in [-0.25, -0.2) is 9.97 Å². The van der Waals surface area contributed by atoms with Crippen LogP contribution < -0.4 is 0 Å². The Labute approximate surface area is 192 Å². The molecular formula is C22H20BrN7S. The molecule has 0 spiro atoms. The summed E-state index contributed by atoms with van der Waals surface area (Å²) >= 11 is 4.86. The maximum absolute atomic E-state index is 4.91. The molecule has 5 aromatic rings. The minimum absolute atomic E-state index is 0.594. The van der Waals surface area contributed by atoms with Gasteiger partial charge in [-0.2, -0.15) is 0 Å². The van der Waals surface area contributed by atoms with Crippen LogP contribution in [0.1, 0.15) is 29.6 Å². The largest absolute Gasteiger partial charge is 0.281 e. The normalized spacial score (nSPS) is 11.5. The second kappa shape index (κ2) is 7.65. The monoisotopic (exact) mass is 493 g/mol. The van der Waals surface area contributed by atoms with E-state index in [4.69, 9.17) is 9.97 Å². The Kier molecular flexibility index (Phi) is 4.94. The van der Waals surface area contributed by atoms with E-state index in [0.717, 1.165) is 50.8 Å². The molecule has 0 saturated heterocycles. The molecule has 7 nitrogen and oxygen atoms in total. The SMILES string of the molecule is CCc1nc2c(C)c(C)c(C)nc2n1-c1ccc(-c2sccc2-c2nnn(Br)n2)cc1. The third-order valence-corrected chi connectivity index (χ3v) is 6.92. The molecule has 0 unspecified atom stereocenters. The highest BCUT2D eigenvalue weighted by molar-refractivity contribution is 9.08. The van der Waals surface area contributed by atoms with Crippen LogP contribution in [0.5, 0.6) is 0 Å². The Balaban J connectivity index is 1.61. The average Bonchev–Trinajstić information content (AvgIpc) is 3.50. The molecule has 0 saturated carbocycles. The van der Waals surface area contributed by atoms with Crippen LogP contribution in [0.15, 0.2) is 35.7 Å². The number of halogens is 1. The molecule has 0 bridgehead atoms. The molecule has 31 heavy (non-hydrogen) atoms. The first-order valence-corrected chi connectivity index (χ1v) is 11.6. The standard InChI is InChI=1S/C22H20BrN7S/c1-5-18-25-19-13(3)12(2)14(4)24-22(19)29(18)16-8-6-15(7-9-16)20-17(10-11-31-20)21-26-28-30(23)27-21/h6-11H,5H2,1-4H3. The molecular weight excluding hydrogens is 474 g/mol. The number of benzene rings is 1. The van der Waals surface area contributed by atoms with Gasteiger partial charge >= 0.3 is 0 Å². The summed E-state index contributed by atoms with van der Waals surface area (Å²) in [5.41, 5.74) is 8.47. The van der Waals surface area contributed by atoms with Crippen molar-refractivity contribution in [2.75, 3.05) is 0 Å². The lowest BCUT2D eigenvalue weighted by Crippen LogP contribution is -2.02. The number of hydrogen-bond donors (Lipinski definition) is 0. The van der Waals surface area contributed by atoms with Crippen LogP contribution in [0.2, 0.25) is 0 Å². The third-order valence-electron chi connectivity index (χ3n) is 5.66. The Morgan fingerprint density at radius 3 is 2.45 bits per heavy atom. The van der Waals surface area contributed by atoms with Crippen LogP contribution in [-0.4, -0.2) is 33.8 Å². The molecule has 0 radical (unpaired) electrons. The van der Waals surface area contributed by atoms with Crippen molar-refractivity contribution in [1.29, 1.82) is 0 Å². The van der Waals surface area contributed by atoms with Crippen molar-refractivity contribution < 1.29 is 0 Å². The van der Waals surface area contributed by atoms with Crippen LogP contribution in [0.4, 0.5) is 0 Å². The highest BCUT2D eigenvalue weighted by Gasteiger charge is 2.18. The number of fused-ring (bicyclic) bond motifs is 1. The minimum atomic E-state index is 0.594. The fourth-order valence-corrected chi connectivity index (χ4v) is 4.91. The number of aryl methyl sites for hydroxylation is 3. The van der Waals surface area contributed by atoms with Crippen LogP contribution in [0, 0.1) is 20.8 Å². The van der Waals surface area contributed by atoms with Crippen molar-refractivity contribution in [2.45, 2.75) is 34.1 Å². The Bertz CT molecular complexity index is 1410. The van der Waals surface area contributed by atoms with Crippen molar-refractivity contribution in [1.82, 2.24) is 33.8 Å². The van der Waals surface area contributed by atoms with E-state index in [1.807, 2.05) is 11.4 Å². The number of pyridine rings is 1. The number of rotatable bonds is 4. The van der Waals surface area contributed by atoms with Crippen LogP contribution in [-0.2, 0) is 6.42 Å². The van der Waals surface area contributed by atoms with Gasteiger partial charge in [-0.3, -0.25) is 4.57 Å². The first-order chi connectivity index (χ1) is 15.0. The summed E-state index contributed by atoms with van der Waals surface area (Å²) in [5.74, 6) is 1.61. The van der Waals surface area contributed by atoms with E-state index in [-0.39, 0.29) is 0 Å². The quantitative estimate of drug-likeness (QED) is 0.332. The molecule has 0 fully saturated rings. The molecule has 156 valence electrons. The van der Waals surface area contributed by atoms with Gasteiger partial charge in [0, 0.05) is 28.2 Å². The first-order valence-electron chi connectivity index (χ1n) is 9.98. The van der Waals surface area contributed by atoms with Crippen molar-refractivity contribution in [3.05, 3.63) is 58.4 Å². The maximum Gasteiger partial charge on any atom is 0.207 e. The molecule has 5 rings (SSSR count). The topological polar surface area (TPSA) is 74.3 Å². The van der Waals surface area contributed by atoms with Gasteiger partial charge in [-0.05, 0) is 66.3 Å². The summed E-state index contributed by atoms with van der Waals surface area (Å²) in [4.78, 5) is 10.9. The second-order valence-corrected chi connectivity index (χ2v) is 8.95. The minimum Gasteiger partial charge on any atom is -0.281 e. The van der Waals surface area contributed by atoms with Gasteiger partial charge in [-0.15, -0.1) is 21.5 Å². The summed E-state index contributed by atoms with van der Waals surface area (Å²) in [6.07, 6.45) is 0.832. The lowest BCUT2D eigenvalue weighted by atomic mass is 10.1. The number of thiophene rings is 1. The summed E-state index contributed by atoms with van der Waals surface area (Å²) in [7, 11) is 0. The lowest BCUT2D eigenvalue weighted by Gasteiger charge is -2.10. The second-order valence-electron chi connectivity index (χ2n) is 7.40. The Hall–Kier alpha value is -2.91. The molecule has 4 aromatic heterocycles. The number of hydrogen-bond acceptors (Lipinski definition) is 6. The number of nitrogens with zero attached hydrogens (tertiary/aromatic N) is 7. The van der Waals surface area contributed by atoms with Crippen molar-refractivity contribution in [3.8, 4) is 27.5 Å². The average molecular weight is 494 g/mol. The zero-order valence-electron chi connectivity index (χ0n) is 17.6. The molecule has 1 aromatic carbocycles. The van der Waals surface area contributed by atoms with Gasteiger partial charge in [0.2, 0.25) is 5.82 Å². The molecule has 0 aliphatic rings. The smallest absolute Gasteiger partial charge is 0.207 e. The summed E-state index contributed by atoms with van der Waals surface area (Å²) in [5, 5.41) is 14.3. The predicted molar refractivity (Wildman–Crippen MR) is 127 cm³/mol. The van der Waals surface area contributed by atoms with Gasteiger partial charge in [0.25, 0.3) is 0 Å². The molecule has 0 N–H and O–H groups in total. The fourth-order valence-electron chi connectivity index (χ4n) is 3.79. The van der Waals surface area contributed by atoms with Gasteiger partial charge in [0.05, 0.1) is 0 Å². The summed E-state index contributed by atoms with van der Waals surface area (Å²) in [6.45, 7) is 8.42. The van der Waals surface area contributed by atoms with E-state index < -0.39 is 0 Å². The van der Waals surface area contributed by atoms with Crippen LogP contribution in [0.25, 0.3) is 38.7 Å². The van der Waals surface area contributed by atoms with Crippen molar-refractivity contribution in [2.24, 2.45) is 0 Å². The van der Waals surface area contributed by atoms with E-state index in [1.165, 1.54) is 14.9 Å². The van der Waals surface area contributed by atoms with Gasteiger partial charge in [0.15, 0.2) is 5.65 Å². The molecule has 0 aliphatic carbocycles. The maximum atomic E-state index is 4.91. The Morgan fingerprint density at radius 2 is 1.77 bits per heavy atom. The summed E-state index contributed by atoms with van der Waals surface area (Å²) in [6, 6.07) is 10.5. The molecule has 0 aliphatic heterocycles. The predicted octanol–water partition coefficient (Wildman–Crippen LogP) is 5.45. The Morgan fingerprint density at radius 1 is 1.00 bits per heavy atom. The zero-order chi connectivity index (χ0) is 21.7. The number of imidazole rings is 1. The third kappa shape index (κ3) is 3.28. The van der Waals surface area contributed by atoms with E-state index in [1.54, 1.807) is 11.3 Å². The summed E-state index contributed by atoms with van der Waals surface area (Å²) < 4.78 is 3.47.